The highest BCUT2D eigenvalue weighted by atomic mass is 32.1. The molecule has 1 amide bonds. The molecule has 5 nitrogen and oxygen atoms in total. The van der Waals surface area contributed by atoms with Crippen LogP contribution in [-0.2, 0) is 11.0 Å². The van der Waals surface area contributed by atoms with Gasteiger partial charge in [-0.05, 0) is 30.7 Å². The number of hydrogen-bond acceptors (Lipinski definition) is 5. The smallest absolute Gasteiger partial charge is 0.427 e. The number of amides is 1. The van der Waals surface area contributed by atoms with Crippen LogP contribution in [0.4, 0.5) is 19.0 Å². The first-order chi connectivity index (χ1) is 10.6. The molecule has 2 rings (SSSR count). The number of carbonyl (C=O) groups excluding carboxylic acids is 2. The van der Waals surface area contributed by atoms with Gasteiger partial charge in [0.25, 0.3) is 5.91 Å². The Labute approximate surface area is 133 Å². The molecule has 0 saturated carbocycles. The number of halogens is 3. The van der Waals surface area contributed by atoms with E-state index in [0.29, 0.717) is 16.9 Å². The minimum Gasteiger partial charge on any atom is -0.427 e. The maximum Gasteiger partial charge on any atom is 0.443 e. The molecule has 2 aromatic rings. The van der Waals surface area contributed by atoms with E-state index < -0.39 is 23.1 Å². The topological polar surface area (TPSA) is 68.3 Å². The molecule has 0 unspecified atom stereocenters. The lowest BCUT2D eigenvalue weighted by atomic mass is 10.1. The zero-order valence-electron chi connectivity index (χ0n) is 12.0. The van der Waals surface area contributed by atoms with Crippen molar-refractivity contribution in [3.05, 3.63) is 39.7 Å². The van der Waals surface area contributed by atoms with Crippen LogP contribution in [0.5, 0.6) is 5.75 Å². The van der Waals surface area contributed by atoms with E-state index in [2.05, 4.69) is 10.3 Å². The van der Waals surface area contributed by atoms with E-state index in [4.69, 9.17) is 4.74 Å². The molecule has 0 bridgehead atoms. The van der Waals surface area contributed by atoms with Gasteiger partial charge in [0, 0.05) is 17.9 Å². The quantitative estimate of drug-likeness (QED) is 0.682. The summed E-state index contributed by atoms with van der Waals surface area (Å²) < 4.78 is 42.3. The maximum atomic E-state index is 12.5. The van der Waals surface area contributed by atoms with Crippen molar-refractivity contribution in [2.45, 2.75) is 20.0 Å². The first-order valence-corrected chi connectivity index (χ1v) is 7.17. The second-order valence-corrected chi connectivity index (χ2v) is 5.48. The molecule has 0 atom stereocenters. The van der Waals surface area contributed by atoms with Gasteiger partial charge in [-0.3, -0.25) is 9.59 Å². The Morgan fingerprint density at radius 3 is 2.52 bits per heavy atom. The minimum absolute atomic E-state index is 0.141. The van der Waals surface area contributed by atoms with E-state index >= 15 is 0 Å². The number of ether oxygens (including phenoxy) is 1. The number of nitrogens with zero attached hydrogens (tertiary/aromatic N) is 1. The van der Waals surface area contributed by atoms with E-state index in [9.17, 15) is 22.8 Å². The Hall–Kier alpha value is -2.42. The molecule has 1 heterocycles. The molecule has 0 radical (unpaired) electrons. The van der Waals surface area contributed by atoms with Gasteiger partial charge in [0.2, 0.25) is 0 Å². The van der Waals surface area contributed by atoms with E-state index in [0.717, 1.165) is 5.38 Å². The van der Waals surface area contributed by atoms with Crippen molar-refractivity contribution >= 4 is 29.0 Å². The van der Waals surface area contributed by atoms with Gasteiger partial charge in [0.1, 0.15) is 11.6 Å². The number of rotatable bonds is 3. The number of aromatic nitrogens is 1. The summed E-state index contributed by atoms with van der Waals surface area (Å²) in [6, 6.07) is 4.39. The molecule has 122 valence electrons. The van der Waals surface area contributed by atoms with Crippen molar-refractivity contribution in [2.24, 2.45) is 0 Å². The van der Waals surface area contributed by atoms with Crippen molar-refractivity contribution in [1.82, 2.24) is 4.98 Å². The Balaban J connectivity index is 2.19. The van der Waals surface area contributed by atoms with Gasteiger partial charge in [-0.2, -0.15) is 13.2 Å². The summed E-state index contributed by atoms with van der Waals surface area (Å²) in [6.07, 6.45) is -4.56. The third kappa shape index (κ3) is 4.52. The highest BCUT2D eigenvalue weighted by Gasteiger charge is 2.34. The highest BCUT2D eigenvalue weighted by molar-refractivity contribution is 7.10. The van der Waals surface area contributed by atoms with Crippen LogP contribution in [-0.4, -0.2) is 16.9 Å². The maximum absolute atomic E-state index is 12.5. The molecule has 0 fully saturated rings. The van der Waals surface area contributed by atoms with E-state index in [1.807, 2.05) is 0 Å². The van der Waals surface area contributed by atoms with Crippen LogP contribution in [0.2, 0.25) is 0 Å². The number of benzene rings is 1. The predicted octanol–water partition coefficient (Wildman–Crippen LogP) is 3.65. The Morgan fingerprint density at radius 2 is 1.96 bits per heavy atom. The standard InChI is InChI=1S/C14H11F3N2O3S/c1-7-3-9(5-10(4-7)22-8(2)20)12(21)18-11-6-23-13(19-11)14(15,16)17/h3-6H,1-2H3,(H,18,21). The van der Waals surface area contributed by atoms with Crippen LogP contribution in [0.1, 0.15) is 27.9 Å². The van der Waals surface area contributed by atoms with Crippen LogP contribution < -0.4 is 10.1 Å². The number of aryl methyl sites for hydroxylation is 1. The number of alkyl halides is 3. The number of hydrogen-bond donors (Lipinski definition) is 1. The van der Waals surface area contributed by atoms with Crippen LogP contribution in [0.15, 0.2) is 23.6 Å². The van der Waals surface area contributed by atoms with Gasteiger partial charge < -0.3 is 10.1 Å². The van der Waals surface area contributed by atoms with Crippen molar-refractivity contribution in [3.8, 4) is 5.75 Å². The molecule has 0 aliphatic heterocycles. The predicted molar refractivity (Wildman–Crippen MR) is 77.6 cm³/mol. The largest absolute Gasteiger partial charge is 0.443 e. The molecule has 9 heteroatoms. The SMILES string of the molecule is CC(=O)Oc1cc(C)cc(C(=O)Nc2csc(C(F)(F)F)n2)c1. The van der Waals surface area contributed by atoms with Gasteiger partial charge in [-0.25, -0.2) is 4.98 Å². The highest BCUT2D eigenvalue weighted by Crippen LogP contribution is 2.33. The van der Waals surface area contributed by atoms with Gasteiger partial charge in [-0.1, -0.05) is 0 Å². The average molecular weight is 344 g/mol. The zero-order valence-corrected chi connectivity index (χ0v) is 12.8. The molecule has 0 saturated heterocycles. The van der Waals surface area contributed by atoms with Crippen LogP contribution in [0.3, 0.4) is 0 Å². The summed E-state index contributed by atoms with van der Waals surface area (Å²) in [4.78, 5) is 26.4. The fraction of sp³-hybridized carbons (Fsp3) is 0.214. The normalized spacial score (nSPS) is 11.2. The molecule has 0 spiro atoms. The van der Waals surface area contributed by atoms with Gasteiger partial charge in [0.05, 0.1) is 0 Å². The van der Waals surface area contributed by atoms with Crippen molar-refractivity contribution < 1.29 is 27.5 Å². The van der Waals surface area contributed by atoms with E-state index in [-0.39, 0.29) is 17.1 Å². The van der Waals surface area contributed by atoms with Gasteiger partial charge in [0.15, 0.2) is 5.01 Å². The Morgan fingerprint density at radius 1 is 1.26 bits per heavy atom. The number of nitrogens with one attached hydrogen (secondary N) is 1. The van der Waals surface area contributed by atoms with Crippen molar-refractivity contribution in [2.75, 3.05) is 5.32 Å². The Kier molecular flexibility index (Phi) is 4.69. The lowest BCUT2D eigenvalue weighted by Gasteiger charge is -2.07. The summed E-state index contributed by atoms with van der Waals surface area (Å²) in [5, 5.41) is 2.34. The van der Waals surface area contributed by atoms with Crippen LogP contribution in [0, 0.1) is 6.92 Å². The lowest BCUT2D eigenvalue weighted by Crippen LogP contribution is -2.13. The first-order valence-electron chi connectivity index (χ1n) is 6.29. The zero-order chi connectivity index (χ0) is 17.2. The molecule has 1 N–H and O–H groups in total. The summed E-state index contributed by atoms with van der Waals surface area (Å²) >= 11 is 0.388. The third-order valence-corrected chi connectivity index (χ3v) is 3.45. The van der Waals surface area contributed by atoms with E-state index in [1.54, 1.807) is 13.0 Å². The molecular formula is C14H11F3N2O3S. The lowest BCUT2D eigenvalue weighted by molar-refractivity contribution is -0.137. The van der Waals surface area contributed by atoms with Gasteiger partial charge in [-0.15, -0.1) is 11.3 Å². The number of esters is 1. The summed E-state index contributed by atoms with van der Waals surface area (Å²) in [5.74, 6) is -1.21. The molecular weight excluding hydrogens is 333 g/mol. The fourth-order valence-electron chi connectivity index (χ4n) is 1.75. The Bertz CT molecular complexity index is 756. The fourth-order valence-corrected chi connectivity index (χ4v) is 2.37. The van der Waals surface area contributed by atoms with Crippen molar-refractivity contribution in [1.29, 1.82) is 0 Å². The molecule has 1 aromatic carbocycles. The average Bonchev–Trinajstić information content (AvgIpc) is 2.85. The van der Waals surface area contributed by atoms with Crippen molar-refractivity contribution in [3.63, 3.8) is 0 Å². The third-order valence-electron chi connectivity index (χ3n) is 2.56. The number of thiazole rings is 1. The van der Waals surface area contributed by atoms with Crippen LogP contribution >= 0.6 is 11.3 Å². The first kappa shape index (κ1) is 16.9. The van der Waals surface area contributed by atoms with Crippen LogP contribution in [0.25, 0.3) is 0 Å². The second kappa shape index (κ2) is 6.37. The summed E-state index contributed by atoms with van der Waals surface area (Å²) in [6.45, 7) is 2.91. The molecule has 1 aromatic heterocycles. The van der Waals surface area contributed by atoms with Gasteiger partial charge >= 0.3 is 12.1 Å². The molecule has 0 aliphatic carbocycles. The summed E-state index contributed by atoms with van der Waals surface area (Å²) in [7, 11) is 0. The monoisotopic (exact) mass is 344 g/mol. The minimum atomic E-state index is -4.56. The molecule has 0 aliphatic rings. The second-order valence-electron chi connectivity index (χ2n) is 4.62. The summed E-state index contributed by atoms with van der Waals surface area (Å²) in [5.41, 5.74) is 0.797. The number of carbonyl (C=O) groups is 2. The van der Waals surface area contributed by atoms with E-state index in [1.165, 1.54) is 19.1 Å². The molecule has 23 heavy (non-hydrogen) atoms. The number of anilines is 1.